The highest BCUT2D eigenvalue weighted by atomic mass is 16.5. The molecule has 0 spiro atoms. The predicted octanol–water partition coefficient (Wildman–Crippen LogP) is 1.53. The molecular weight excluding hydrogens is 220 g/mol. The Labute approximate surface area is 98.1 Å². The maximum absolute atomic E-state index is 5.21. The normalized spacial score (nSPS) is 10.7. The third kappa shape index (κ3) is 2.61. The summed E-state index contributed by atoms with van der Waals surface area (Å²) in [5.41, 5.74) is 3.20. The van der Waals surface area contributed by atoms with Crippen molar-refractivity contribution in [2.75, 3.05) is 12.5 Å². The number of nitrogens with one attached hydrogen (secondary N) is 1. The highest BCUT2D eigenvalue weighted by molar-refractivity contribution is 5.69. The van der Waals surface area contributed by atoms with Crippen molar-refractivity contribution in [2.24, 2.45) is 5.84 Å². The van der Waals surface area contributed by atoms with Gasteiger partial charge in [-0.1, -0.05) is 23.3 Å². The van der Waals surface area contributed by atoms with Crippen molar-refractivity contribution in [1.82, 2.24) is 10.2 Å². The van der Waals surface area contributed by atoms with Crippen LogP contribution in [0.15, 0.2) is 28.7 Å². The van der Waals surface area contributed by atoms with E-state index in [9.17, 15) is 0 Å². The summed E-state index contributed by atoms with van der Waals surface area (Å²) in [5, 5.41) is 7.43. The first-order chi connectivity index (χ1) is 8.33. The van der Waals surface area contributed by atoms with E-state index in [0.717, 1.165) is 11.3 Å². The second kappa shape index (κ2) is 5.13. The third-order valence-electron chi connectivity index (χ3n) is 2.11. The first kappa shape index (κ1) is 11.2. The molecule has 0 saturated heterocycles. The van der Waals surface area contributed by atoms with Crippen LogP contribution in [0.4, 0.5) is 6.01 Å². The van der Waals surface area contributed by atoms with Crippen LogP contribution in [0, 0.1) is 0 Å². The lowest BCUT2D eigenvalue weighted by atomic mass is 10.2. The summed E-state index contributed by atoms with van der Waals surface area (Å²) < 4.78 is 10.4. The number of methoxy groups -OCH3 is 1. The summed E-state index contributed by atoms with van der Waals surface area (Å²) in [4.78, 5) is 0. The summed E-state index contributed by atoms with van der Waals surface area (Å²) in [6.07, 6.45) is 3.51. The lowest BCUT2D eigenvalue weighted by molar-refractivity contribution is 0.414. The Kier molecular flexibility index (Phi) is 3.37. The molecule has 3 N–H and O–H groups in total. The Morgan fingerprint density at radius 2 is 2.12 bits per heavy atom. The zero-order valence-electron chi connectivity index (χ0n) is 9.25. The number of benzene rings is 1. The molecule has 0 aliphatic carbocycles. The Bertz CT molecular complexity index is 522. The van der Waals surface area contributed by atoms with E-state index in [2.05, 4.69) is 15.6 Å². The molecule has 88 valence electrons. The number of hydrogen-bond donors (Lipinski definition) is 2. The fourth-order valence-electron chi connectivity index (χ4n) is 1.33. The lowest BCUT2D eigenvalue weighted by Gasteiger charge is -2.02. The topological polar surface area (TPSA) is 86.2 Å². The van der Waals surface area contributed by atoms with Crippen molar-refractivity contribution in [2.45, 2.75) is 0 Å². The van der Waals surface area contributed by atoms with Crippen LogP contribution < -0.4 is 16.0 Å². The second-order valence-electron chi connectivity index (χ2n) is 3.17. The van der Waals surface area contributed by atoms with Crippen LogP contribution in [0.3, 0.4) is 0 Å². The molecule has 2 aromatic rings. The van der Waals surface area contributed by atoms with Crippen LogP contribution in [-0.4, -0.2) is 17.3 Å². The molecule has 1 aromatic carbocycles. The Morgan fingerprint density at radius 1 is 1.29 bits per heavy atom. The van der Waals surface area contributed by atoms with Gasteiger partial charge >= 0.3 is 6.01 Å². The molecule has 0 amide bonds. The number of anilines is 1. The van der Waals surface area contributed by atoms with Crippen molar-refractivity contribution >= 4 is 18.2 Å². The quantitative estimate of drug-likeness (QED) is 0.614. The van der Waals surface area contributed by atoms with Gasteiger partial charge in [0, 0.05) is 11.6 Å². The van der Waals surface area contributed by atoms with Crippen molar-refractivity contribution in [3.05, 3.63) is 35.7 Å². The number of para-hydroxylation sites is 1. The zero-order chi connectivity index (χ0) is 12.1. The summed E-state index contributed by atoms with van der Waals surface area (Å²) in [6, 6.07) is 7.79. The predicted molar refractivity (Wildman–Crippen MR) is 64.0 cm³/mol. The largest absolute Gasteiger partial charge is 0.496 e. The maximum atomic E-state index is 5.21. The molecular formula is C11H12N4O2. The van der Waals surface area contributed by atoms with E-state index in [0.29, 0.717) is 5.89 Å². The molecule has 0 aliphatic rings. The third-order valence-corrected chi connectivity index (χ3v) is 2.11. The molecule has 17 heavy (non-hydrogen) atoms. The molecule has 6 heteroatoms. The van der Waals surface area contributed by atoms with Crippen LogP contribution in [-0.2, 0) is 0 Å². The summed E-state index contributed by atoms with van der Waals surface area (Å²) in [6.45, 7) is 0. The van der Waals surface area contributed by atoms with Gasteiger partial charge < -0.3 is 9.15 Å². The van der Waals surface area contributed by atoms with Crippen LogP contribution in [0.5, 0.6) is 5.75 Å². The molecule has 0 fully saturated rings. The summed E-state index contributed by atoms with van der Waals surface area (Å²) in [5.74, 6) is 6.27. The van der Waals surface area contributed by atoms with E-state index < -0.39 is 0 Å². The molecule has 0 bridgehead atoms. The molecule has 0 unspecified atom stereocenters. The van der Waals surface area contributed by atoms with Crippen LogP contribution in [0.25, 0.3) is 12.2 Å². The Morgan fingerprint density at radius 3 is 2.82 bits per heavy atom. The first-order valence-electron chi connectivity index (χ1n) is 4.94. The van der Waals surface area contributed by atoms with Gasteiger partial charge in [0.15, 0.2) is 0 Å². The number of nitrogens with zero attached hydrogens (tertiary/aromatic N) is 2. The summed E-state index contributed by atoms with van der Waals surface area (Å²) in [7, 11) is 1.62. The van der Waals surface area contributed by atoms with Crippen molar-refractivity contribution < 1.29 is 9.15 Å². The fraction of sp³-hybridized carbons (Fsp3) is 0.0909. The Hall–Kier alpha value is -2.34. The average molecular weight is 232 g/mol. The van der Waals surface area contributed by atoms with E-state index in [1.165, 1.54) is 0 Å². The monoisotopic (exact) mass is 232 g/mol. The number of aromatic nitrogens is 2. The summed E-state index contributed by atoms with van der Waals surface area (Å²) >= 11 is 0. The molecule has 6 nitrogen and oxygen atoms in total. The fourth-order valence-corrected chi connectivity index (χ4v) is 1.33. The molecule has 1 heterocycles. The average Bonchev–Trinajstić information content (AvgIpc) is 2.84. The smallest absolute Gasteiger partial charge is 0.330 e. The SMILES string of the molecule is COc1ccccc1/C=C/c1nnc(NN)o1. The van der Waals surface area contributed by atoms with Gasteiger partial charge in [-0.25, -0.2) is 5.84 Å². The van der Waals surface area contributed by atoms with Crippen LogP contribution >= 0.6 is 0 Å². The first-order valence-corrected chi connectivity index (χ1v) is 4.94. The van der Waals surface area contributed by atoms with Crippen molar-refractivity contribution in [3.8, 4) is 5.75 Å². The van der Waals surface area contributed by atoms with Gasteiger partial charge in [0.05, 0.1) is 7.11 Å². The standard InChI is InChI=1S/C11H12N4O2/c1-16-9-5-3-2-4-8(9)6-7-10-14-15-11(13-12)17-10/h2-7H,12H2,1H3,(H,13,15)/b7-6+. The minimum atomic E-state index is 0.171. The van der Waals surface area contributed by atoms with E-state index in [1.807, 2.05) is 30.3 Å². The zero-order valence-corrected chi connectivity index (χ0v) is 9.25. The molecule has 0 saturated carbocycles. The van der Waals surface area contributed by atoms with Gasteiger partial charge in [0.2, 0.25) is 5.89 Å². The van der Waals surface area contributed by atoms with Gasteiger partial charge in [-0.2, -0.15) is 0 Å². The van der Waals surface area contributed by atoms with Crippen LogP contribution in [0.2, 0.25) is 0 Å². The minimum Gasteiger partial charge on any atom is -0.496 e. The number of hydrazine groups is 1. The van der Waals surface area contributed by atoms with E-state index in [1.54, 1.807) is 13.2 Å². The van der Waals surface area contributed by atoms with Gasteiger partial charge in [0.1, 0.15) is 5.75 Å². The lowest BCUT2D eigenvalue weighted by Crippen LogP contribution is -2.06. The molecule has 0 aliphatic heterocycles. The number of rotatable bonds is 4. The Balaban J connectivity index is 2.19. The van der Waals surface area contributed by atoms with Gasteiger partial charge in [-0.15, -0.1) is 5.10 Å². The van der Waals surface area contributed by atoms with Gasteiger partial charge in [-0.05, 0) is 12.1 Å². The highest BCUT2D eigenvalue weighted by Gasteiger charge is 2.01. The van der Waals surface area contributed by atoms with Crippen LogP contribution in [0.1, 0.15) is 11.5 Å². The number of nitrogens with two attached hydrogens (primary N) is 1. The van der Waals surface area contributed by atoms with Gasteiger partial charge in [0.25, 0.3) is 0 Å². The maximum Gasteiger partial charge on any atom is 0.330 e. The van der Waals surface area contributed by atoms with Crippen molar-refractivity contribution in [3.63, 3.8) is 0 Å². The molecule has 0 radical (unpaired) electrons. The van der Waals surface area contributed by atoms with Gasteiger partial charge in [-0.3, -0.25) is 5.43 Å². The molecule has 2 rings (SSSR count). The minimum absolute atomic E-state index is 0.171. The van der Waals surface area contributed by atoms with E-state index in [-0.39, 0.29) is 6.01 Å². The molecule has 0 atom stereocenters. The highest BCUT2D eigenvalue weighted by Crippen LogP contribution is 2.19. The number of nitrogen functional groups attached to an aromatic ring is 1. The van der Waals surface area contributed by atoms with E-state index >= 15 is 0 Å². The second-order valence-corrected chi connectivity index (χ2v) is 3.17. The number of ether oxygens (including phenoxy) is 1. The van der Waals surface area contributed by atoms with E-state index in [4.69, 9.17) is 15.0 Å². The number of hydrogen-bond acceptors (Lipinski definition) is 6. The molecule has 1 aromatic heterocycles. The van der Waals surface area contributed by atoms with Crippen molar-refractivity contribution in [1.29, 1.82) is 0 Å².